The molecule has 0 saturated carbocycles. The monoisotopic (exact) mass is 359 g/mol. The molecule has 0 heterocycles. The van der Waals surface area contributed by atoms with Crippen LogP contribution in [-0.4, -0.2) is 11.9 Å². The largest absolute Gasteiger partial charge is 0.370 e. The molecule has 0 saturated heterocycles. The van der Waals surface area contributed by atoms with E-state index in [-0.39, 0.29) is 12.3 Å². The molecule has 3 aromatic rings. The summed E-state index contributed by atoms with van der Waals surface area (Å²) in [6.45, 7) is 0. The smallest absolute Gasteiger partial charge is 0.316 e. The van der Waals surface area contributed by atoms with Gasteiger partial charge < -0.3 is 16.8 Å². The molecule has 5 nitrogen and oxygen atoms in total. The average molecular weight is 359 g/mol. The summed E-state index contributed by atoms with van der Waals surface area (Å²) in [5.41, 5.74) is 16.3. The van der Waals surface area contributed by atoms with E-state index < -0.39 is 6.03 Å². The standard InChI is InChI=1S/C22H21N3O2/c23-21(26)12-10-18-13-16(15-5-2-1-3-6-15)9-11-20(18)17-7-4-8-19(14-17)25-22(24)27/h1-9,11,13-14H,10,12H2,(H2,23,26)(H3,24,25,27). The van der Waals surface area contributed by atoms with Crippen molar-refractivity contribution in [1.82, 2.24) is 0 Å². The van der Waals surface area contributed by atoms with E-state index in [1.807, 2.05) is 60.7 Å². The van der Waals surface area contributed by atoms with Crippen LogP contribution in [-0.2, 0) is 11.2 Å². The summed E-state index contributed by atoms with van der Waals surface area (Å²) in [5, 5.41) is 2.59. The first-order valence-electron chi connectivity index (χ1n) is 8.66. The van der Waals surface area contributed by atoms with E-state index in [0.717, 1.165) is 27.8 Å². The van der Waals surface area contributed by atoms with Gasteiger partial charge in [-0.05, 0) is 46.4 Å². The van der Waals surface area contributed by atoms with E-state index in [1.54, 1.807) is 6.07 Å². The van der Waals surface area contributed by atoms with Crippen molar-refractivity contribution in [3.63, 3.8) is 0 Å². The van der Waals surface area contributed by atoms with Crippen LogP contribution in [0.5, 0.6) is 0 Å². The van der Waals surface area contributed by atoms with Gasteiger partial charge in [-0.15, -0.1) is 0 Å². The Hall–Kier alpha value is -3.60. The lowest BCUT2D eigenvalue weighted by Crippen LogP contribution is -2.19. The van der Waals surface area contributed by atoms with Crippen molar-refractivity contribution < 1.29 is 9.59 Å². The van der Waals surface area contributed by atoms with Crippen molar-refractivity contribution in [2.45, 2.75) is 12.8 Å². The first kappa shape index (κ1) is 18.2. The zero-order valence-electron chi connectivity index (χ0n) is 14.8. The van der Waals surface area contributed by atoms with E-state index in [2.05, 4.69) is 11.4 Å². The highest BCUT2D eigenvalue weighted by Crippen LogP contribution is 2.31. The molecule has 0 aliphatic heterocycles. The summed E-state index contributed by atoms with van der Waals surface area (Å²) < 4.78 is 0. The van der Waals surface area contributed by atoms with Crippen LogP contribution in [0.4, 0.5) is 10.5 Å². The summed E-state index contributed by atoms with van der Waals surface area (Å²) in [7, 11) is 0. The summed E-state index contributed by atoms with van der Waals surface area (Å²) in [4.78, 5) is 22.4. The van der Waals surface area contributed by atoms with E-state index >= 15 is 0 Å². The summed E-state index contributed by atoms with van der Waals surface area (Å²) in [6.07, 6.45) is 0.809. The van der Waals surface area contributed by atoms with Crippen molar-refractivity contribution in [2.24, 2.45) is 11.5 Å². The Morgan fingerprint density at radius 1 is 0.778 bits per heavy atom. The third-order valence-electron chi connectivity index (χ3n) is 4.29. The van der Waals surface area contributed by atoms with Crippen LogP contribution >= 0.6 is 0 Å². The van der Waals surface area contributed by atoms with Gasteiger partial charge in [-0.25, -0.2) is 4.79 Å². The number of primary amides is 2. The van der Waals surface area contributed by atoms with Gasteiger partial charge in [-0.2, -0.15) is 0 Å². The van der Waals surface area contributed by atoms with E-state index in [1.165, 1.54) is 0 Å². The lowest BCUT2D eigenvalue weighted by molar-refractivity contribution is -0.117. The highest BCUT2D eigenvalue weighted by Gasteiger charge is 2.10. The number of aryl methyl sites for hydroxylation is 1. The van der Waals surface area contributed by atoms with E-state index in [4.69, 9.17) is 11.5 Å². The minimum Gasteiger partial charge on any atom is -0.370 e. The van der Waals surface area contributed by atoms with Gasteiger partial charge in [0.05, 0.1) is 0 Å². The highest BCUT2D eigenvalue weighted by molar-refractivity contribution is 5.89. The summed E-state index contributed by atoms with van der Waals surface area (Å²) in [5.74, 6) is -0.338. The molecule has 0 spiro atoms. The predicted octanol–water partition coefficient (Wildman–Crippen LogP) is 3.93. The molecular weight excluding hydrogens is 338 g/mol. The average Bonchev–Trinajstić information content (AvgIpc) is 2.66. The number of nitrogens with two attached hydrogens (primary N) is 2. The first-order valence-corrected chi connectivity index (χ1v) is 8.66. The Bertz CT molecular complexity index is 968. The van der Waals surface area contributed by atoms with Crippen LogP contribution < -0.4 is 16.8 Å². The molecule has 0 aliphatic carbocycles. The second kappa shape index (κ2) is 8.19. The second-order valence-electron chi connectivity index (χ2n) is 6.27. The van der Waals surface area contributed by atoms with Gasteiger partial charge in [-0.1, -0.05) is 60.7 Å². The van der Waals surface area contributed by atoms with Gasteiger partial charge in [0, 0.05) is 12.1 Å². The zero-order chi connectivity index (χ0) is 19.2. The minimum atomic E-state index is -0.611. The topological polar surface area (TPSA) is 98.2 Å². The SMILES string of the molecule is NC(=O)CCc1cc(-c2ccccc2)ccc1-c1cccc(NC(N)=O)c1. The lowest BCUT2D eigenvalue weighted by atomic mass is 9.92. The van der Waals surface area contributed by atoms with Gasteiger partial charge in [0.1, 0.15) is 0 Å². The Kier molecular flexibility index (Phi) is 5.52. The van der Waals surface area contributed by atoms with E-state index in [9.17, 15) is 9.59 Å². The van der Waals surface area contributed by atoms with Crippen LogP contribution in [0.2, 0.25) is 0 Å². The number of rotatable bonds is 6. The number of nitrogens with one attached hydrogen (secondary N) is 1. The Morgan fingerprint density at radius 2 is 1.52 bits per heavy atom. The maximum atomic E-state index is 11.3. The number of benzene rings is 3. The number of carbonyl (C=O) groups excluding carboxylic acids is 2. The van der Waals surface area contributed by atoms with Gasteiger partial charge in [0.25, 0.3) is 0 Å². The minimum absolute atomic E-state index is 0.268. The molecule has 136 valence electrons. The third-order valence-corrected chi connectivity index (χ3v) is 4.29. The van der Waals surface area contributed by atoms with Gasteiger partial charge >= 0.3 is 6.03 Å². The molecule has 0 fully saturated rings. The quantitative estimate of drug-likeness (QED) is 0.621. The number of anilines is 1. The molecule has 0 radical (unpaired) electrons. The van der Waals surface area contributed by atoms with Crippen molar-refractivity contribution >= 4 is 17.6 Å². The molecule has 3 rings (SSSR count). The number of urea groups is 1. The fourth-order valence-corrected chi connectivity index (χ4v) is 3.06. The van der Waals surface area contributed by atoms with Gasteiger partial charge in [-0.3, -0.25) is 4.79 Å². The van der Waals surface area contributed by atoms with Crippen molar-refractivity contribution in [3.05, 3.63) is 78.4 Å². The lowest BCUT2D eigenvalue weighted by Gasteiger charge is -2.13. The maximum absolute atomic E-state index is 11.3. The molecule has 5 heteroatoms. The first-order chi connectivity index (χ1) is 13.0. The van der Waals surface area contributed by atoms with Crippen LogP contribution in [0.15, 0.2) is 72.8 Å². The maximum Gasteiger partial charge on any atom is 0.316 e. The fourth-order valence-electron chi connectivity index (χ4n) is 3.06. The van der Waals surface area contributed by atoms with Gasteiger partial charge in [0.15, 0.2) is 0 Å². The van der Waals surface area contributed by atoms with Crippen LogP contribution in [0.1, 0.15) is 12.0 Å². The molecule has 5 N–H and O–H groups in total. The molecule has 0 bridgehead atoms. The fraction of sp³-hybridized carbons (Fsp3) is 0.0909. The molecule has 0 aromatic heterocycles. The number of hydrogen-bond acceptors (Lipinski definition) is 2. The van der Waals surface area contributed by atoms with Gasteiger partial charge in [0.2, 0.25) is 5.91 Å². The molecular formula is C22H21N3O2. The van der Waals surface area contributed by atoms with Crippen LogP contribution in [0.3, 0.4) is 0 Å². The molecule has 27 heavy (non-hydrogen) atoms. The summed E-state index contributed by atoms with van der Waals surface area (Å²) in [6, 6.07) is 23.0. The number of hydrogen-bond donors (Lipinski definition) is 3. The van der Waals surface area contributed by atoms with Crippen LogP contribution in [0.25, 0.3) is 22.3 Å². The number of carbonyl (C=O) groups is 2. The normalized spacial score (nSPS) is 10.4. The van der Waals surface area contributed by atoms with Crippen LogP contribution in [0, 0.1) is 0 Å². The zero-order valence-corrected chi connectivity index (χ0v) is 14.8. The highest BCUT2D eigenvalue weighted by atomic mass is 16.2. The molecule has 3 aromatic carbocycles. The second-order valence-corrected chi connectivity index (χ2v) is 6.27. The molecule has 0 atom stereocenters. The Labute approximate surface area is 158 Å². The van der Waals surface area contributed by atoms with E-state index in [0.29, 0.717) is 12.1 Å². The van der Waals surface area contributed by atoms with Crippen molar-refractivity contribution in [2.75, 3.05) is 5.32 Å². The molecule has 3 amide bonds. The van der Waals surface area contributed by atoms with Crippen molar-refractivity contribution in [3.8, 4) is 22.3 Å². The Balaban J connectivity index is 2.03. The molecule has 0 unspecified atom stereocenters. The predicted molar refractivity (Wildman–Crippen MR) is 108 cm³/mol. The molecule has 0 aliphatic rings. The number of amides is 3. The third kappa shape index (κ3) is 4.73. The van der Waals surface area contributed by atoms with Crippen molar-refractivity contribution in [1.29, 1.82) is 0 Å². The summed E-state index contributed by atoms with van der Waals surface area (Å²) >= 11 is 0. The Morgan fingerprint density at radius 3 is 2.22 bits per heavy atom.